The number of ether oxygens (including phenoxy) is 2. The van der Waals surface area contributed by atoms with Crippen LogP contribution >= 0.6 is 0 Å². The van der Waals surface area contributed by atoms with Gasteiger partial charge in [0, 0.05) is 29.4 Å². The zero-order valence-corrected chi connectivity index (χ0v) is 21.5. The number of aromatic amines is 1. The Balaban J connectivity index is 1.28. The lowest BCUT2D eigenvalue weighted by atomic mass is 9.98. The van der Waals surface area contributed by atoms with Crippen molar-refractivity contribution in [2.75, 3.05) is 13.2 Å². The predicted octanol–water partition coefficient (Wildman–Crippen LogP) is 6.52. The topological polar surface area (TPSA) is 80.4 Å². The van der Waals surface area contributed by atoms with E-state index in [1.165, 1.54) is 0 Å². The van der Waals surface area contributed by atoms with E-state index in [2.05, 4.69) is 41.5 Å². The molecule has 4 aromatic rings. The molecule has 0 saturated carbocycles. The largest absolute Gasteiger partial charge is 0.464 e. The first-order valence-electron chi connectivity index (χ1n) is 13.1. The summed E-state index contributed by atoms with van der Waals surface area (Å²) in [6.45, 7) is 2.49. The number of alkyl carbamates (subject to hydrolysis) is 1. The van der Waals surface area contributed by atoms with Gasteiger partial charge in [-0.1, -0.05) is 85.8 Å². The standard InChI is InChI=1S/C32H32N2O4/c1-2-3-4-11-18-37-31(35)30(19-22-20-33-29-17-10-9-12-23(22)29)34-32(36)38-21-28-26-15-7-5-13-24(26)25-14-6-8-16-27(25)28/h3-10,12-17,20,28,30,33H,2,11,18-19,21H2,1H3,(H,34,36)/b4-3-. The summed E-state index contributed by atoms with van der Waals surface area (Å²) >= 11 is 0. The normalized spacial score (nSPS) is 13.3. The molecular weight excluding hydrogens is 476 g/mol. The molecule has 1 atom stereocenters. The SMILES string of the molecule is CC/C=C\CCOC(=O)C(Cc1c[nH]c2ccccc12)NC(=O)OCC1c2ccccc2-c2ccccc21. The average molecular weight is 509 g/mol. The van der Waals surface area contributed by atoms with Gasteiger partial charge in [0.1, 0.15) is 12.6 Å². The number of hydrogen-bond acceptors (Lipinski definition) is 4. The number of carbonyl (C=O) groups is 2. The fourth-order valence-electron chi connectivity index (χ4n) is 5.11. The first-order valence-corrected chi connectivity index (χ1v) is 13.1. The van der Waals surface area contributed by atoms with Gasteiger partial charge in [-0.15, -0.1) is 0 Å². The van der Waals surface area contributed by atoms with E-state index in [1.54, 1.807) is 0 Å². The smallest absolute Gasteiger partial charge is 0.407 e. The molecule has 1 unspecified atom stereocenters. The zero-order chi connectivity index (χ0) is 26.3. The molecule has 3 aromatic carbocycles. The summed E-state index contributed by atoms with van der Waals surface area (Å²) in [7, 11) is 0. The Morgan fingerprint density at radius 3 is 2.34 bits per heavy atom. The molecule has 194 valence electrons. The number of nitrogens with one attached hydrogen (secondary N) is 2. The Morgan fingerprint density at radius 2 is 1.61 bits per heavy atom. The van der Waals surface area contributed by atoms with Crippen molar-refractivity contribution in [3.05, 3.63) is 108 Å². The molecule has 1 aromatic heterocycles. The van der Waals surface area contributed by atoms with E-state index in [1.807, 2.05) is 66.9 Å². The molecular formula is C32H32N2O4. The highest BCUT2D eigenvalue weighted by atomic mass is 16.6. The van der Waals surface area contributed by atoms with Crippen LogP contribution in [0.5, 0.6) is 0 Å². The molecule has 2 N–H and O–H groups in total. The lowest BCUT2D eigenvalue weighted by Gasteiger charge is -2.19. The van der Waals surface area contributed by atoms with Crippen LogP contribution in [0, 0.1) is 0 Å². The third kappa shape index (κ3) is 5.49. The van der Waals surface area contributed by atoms with Crippen molar-refractivity contribution >= 4 is 23.0 Å². The van der Waals surface area contributed by atoms with Gasteiger partial charge >= 0.3 is 12.1 Å². The predicted molar refractivity (Wildman–Crippen MR) is 149 cm³/mol. The highest BCUT2D eigenvalue weighted by molar-refractivity contribution is 5.86. The van der Waals surface area contributed by atoms with E-state index >= 15 is 0 Å². The number of amides is 1. The van der Waals surface area contributed by atoms with Crippen molar-refractivity contribution < 1.29 is 19.1 Å². The Kier molecular flexibility index (Phi) is 7.88. The summed E-state index contributed by atoms with van der Waals surface area (Å²) in [5, 5.41) is 3.78. The molecule has 1 amide bonds. The lowest BCUT2D eigenvalue weighted by molar-refractivity contribution is -0.145. The average Bonchev–Trinajstić information content (AvgIpc) is 3.50. The van der Waals surface area contributed by atoms with Gasteiger partial charge in [-0.3, -0.25) is 0 Å². The Labute approximate surface area is 222 Å². The van der Waals surface area contributed by atoms with Crippen LogP contribution in [0.2, 0.25) is 0 Å². The van der Waals surface area contributed by atoms with E-state index < -0.39 is 18.1 Å². The number of benzene rings is 3. The molecule has 1 heterocycles. The van der Waals surface area contributed by atoms with Gasteiger partial charge in [0.2, 0.25) is 0 Å². The fraction of sp³-hybridized carbons (Fsp3) is 0.250. The van der Waals surface area contributed by atoms with E-state index in [0.717, 1.165) is 45.1 Å². The first-order chi connectivity index (χ1) is 18.7. The zero-order valence-electron chi connectivity index (χ0n) is 21.5. The summed E-state index contributed by atoms with van der Waals surface area (Å²) in [6, 6.07) is 23.4. The summed E-state index contributed by atoms with van der Waals surface area (Å²) in [4.78, 5) is 29.2. The minimum Gasteiger partial charge on any atom is -0.464 e. The molecule has 38 heavy (non-hydrogen) atoms. The molecule has 0 bridgehead atoms. The molecule has 0 spiro atoms. The molecule has 1 aliphatic rings. The van der Waals surface area contributed by atoms with E-state index in [0.29, 0.717) is 6.42 Å². The first kappa shape index (κ1) is 25.3. The molecule has 6 nitrogen and oxygen atoms in total. The summed E-state index contributed by atoms with van der Waals surface area (Å²) in [5.41, 5.74) is 6.49. The van der Waals surface area contributed by atoms with Crippen molar-refractivity contribution in [1.82, 2.24) is 10.3 Å². The maximum atomic E-state index is 13.0. The second-order valence-corrected chi connectivity index (χ2v) is 9.42. The minimum atomic E-state index is -0.875. The quantitative estimate of drug-likeness (QED) is 0.145. The van der Waals surface area contributed by atoms with E-state index in [-0.39, 0.29) is 25.6 Å². The molecule has 5 rings (SSSR count). The highest BCUT2D eigenvalue weighted by Crippen LogP contribution is 2.44. The highest BCUT2D eigenvalue weighted by Gasteiger charge is 2.30. The van der Waals surface area contributed by atoms with Crippen LogP contribution < -0.4 is 5.32 Å². The lowest BCUT2D eigenvalue weighted by Crippen LogP contribution is -2.44. The Bertz CT molecular complexity index is 1410. The number of carbonyl (C=O) groups excluding carboxylic acids is 2. The molecule has 1 aliphatic carbocycles. The van der Waals surface area contributed by atoms with Gasteiger partial charge in [0.15, 0.2) is 0 Å². The van der Waals surface area contributed by atoms with Crippen LogP contribution in [0.25, 0.3) is 22.0 Å². The number of allylic oxidation sites excluding steroid dienone is 1. The summed E-state index contributed by atoms with van der Waals surface area (Å²) in [5.74, 6) is -0.536. The molecule has 0 fully saturated rings. The number of fused-ring (bicyclic) bond motifs is 4. The monoisotopic (exact) mass is 508 g/mol. The number of rotatable bonds is 10. The second kappa shape index (κ2) is 11.8. The van der Waals surface area contributed by atoms with Crippen molar-refractivity contribution in [3.63, 3.8) is 0 Å². The van der Waals surface area contributed by atoms with Crippen molar-refractivity contribution in [2.24, 2.45) is 0 Å². The van der Waals surface area contributed by atoms with Crippen LogP contribution in [0.15, 0.2) is 91.1 Å². The van der Waals surface area contributed by atoms with Gasteiger partial charge in [-0.2, -0.15) is 0 Å². The second-order valence-electron chi connectivity index (χ2n) is 9.42. The van der Waals surface area contributed by atoms with Gasteiger partial charge in [0.25, 0.3) is 0 Å². The number of aromatic nitrogens is 1. The number of H-pyrrole nitrogens is 1. The summed E-state index contributed by atoms with van der Waals surface area (Å²) < 4.78 is 11.2. The molecule has 6 heteroatoms. The van der Waals surface area contributed by atoms with Gasteiger partial charge < -0.3 is 19.8 Å². The van der Waals surface area contributed by atoms with Gasteiger partial charge in [-0.25, -0.2) is 9.59 Å². The fourth-order valence-corrected chi connectivity index (χ4v) is 5.11. The molecule has 0 radical (unpaired) electrons. The molecule has 0 aliphatic heterocycles. The van der Waals surface area contributed by atoms with Gasteiger partial charge in [0.05, 0.1) is 6.61 Å². The Hall–Kier alpha value is -4.32. The number of hydrogen-bond donors (Lipinski definition) is 2. The van der Waals surface area contributed by atoms with Crippen LogP contribution in [-0.2, 0) is 20.7 Å². The van der Waals surface area contributed by atoms with E-state index in [4.69, 9.17) is 9.47 Å². The minimum absolute atomic E-state index is 0.0579. The van der Waals surface area contributed by atoms with Crippen molar-refractivity contribution in [3.8, 4) is 11.1 Å². The summed E-state index contributed by atoms with van der Waals surface area (Å²) in [6.07, 6.45) is 7.10. The van der Waals surface area contributed by atoms with E-state index in [9.17, 15) is 9.59 Å². The Morgan fingerprint density at radius 1 is 0.921 bits per heavy atom. The maximum Gasteiger partial charge on any atom is 0.407 e. The third-order valence-electron chi connectivity index (χ3n) is 6.95. The number of esters is 1. The van der Waals surface area contributed by atoms with Crippen molar-refractivity contribution in [2.45, 2.75) is 38.1 Å². The van der Waals surface area contributed by atoms with Crippen molar-refractivity contribution in [1.29, 1.82) is 0 Å². The van der Waals surface area contributed by atoms with Crippen LogP contribution in [0.1, 0.15) is 42.4 Å². The number of para-hydroxylation sites is 1. The maximum absolute atomic E-state index is 13.0. The third-order valence-corrected chi connectivity index (χ3v) is 6.95. The van der Waals surface area contributed by atoms with Crippen LogP contribution in [0.3, 0.4) is 0 Å². The molecule has 0 saturated heterocycles. The van der Waals surface area contributed by atoms with Crippen LogP contribution in [0.4, 0.5) is 4.79 Å². The van der Waals surface area contributed by atoms with Gasteiger partial charge in [-0.05, 0) is 46.7 Å². The van der Waals surface area contributed by atoms with Crippen LogP contribution in [-0.4, -0.2) is 36.3 Å².